The molecule has 1 saturated heterocycles. The molecule has 0 atom stereocenters. The van der Waals surface area contributed by atoms with Crippen LogP contribution in [0.5, 0.6) is 17.2 Å². The molecule has 0 aliphatic carbocycles. The maximum absolute atomic E-state index is 12.7. The summed E-state index contributed by atoms with van der Waals surface area (Å²) in [4.78, 5) is 38.9. The first-order valence-corrected chi connectivity index (χ1v) is 11.7. The number of para-hydroxylation sites is 2. The molecule has 0 aromatic heterocycles. The number of hydrogen-bond acceptors (Lipinski definition) is 7. The molecule has 0 saturated carbocycles. The Morgan fingerprint density at radius 1 is 0.971 bits per heavy atom. The Kier molecular flexibility index (Phi) is 7.52. The van der Waals surface area contributed by atoms with E-state index in [4.69, 9.17) is 14.2 Å². The molecule has 1 heterocycles. The second-order valence-electron chi connectivity index (χ2n) is 7.66. The topological polar surface area (TPSA) is 82.1 Å². The maximum Gasteiger partial charge on any atom is 0.343 e. The fraction of sp³-hybridized carbons (Fsp3) is 0.148. The Hall–Kier alpha value is -4.04. The van der Waals surface area contributed by atoms with Crippen LogP contribution >= 0.6 is 11.8 Å². The first-order chi connectivity index (χ1) is 16.9. The summed E-state index contributed by atoms with van der Waals surface area (Å²) >= 11 is 0.877. The summed E-state index contributed by atoms with van der Waals surface area (Å²) in [6.45, 7) is 2.17. The Labute approximate surface area is 207 Å². The van der Waals surface area contributed by atoms with Gasteiger partial charge in [-0.25, -0.2) is 4.79 Å². The highest BCUT2D eigenvalue weighted by Gasteiger charge is 2.34. The highest BCUT2D eigenvalue weighted by molar-refractivity contribution is 8.18. The summed E-state index contributed by atoms with van der Waals surface area (Å²) < 4.78 is 16.3. The number of esters is 1. The number of thioether (sulfide) groups is 1. The number of benzene rings is 3. The number of rotatable bonds is 8. The second-order valence-corrected chi connectivity index (χ2v) is 8.65. The van der Waals surface area contributed by atoms with Crippen LogP contribution in [0.2, 0.25) is 0 Å². The minimum absolute atomic E-state index is 0.119. The zero-order valence-corrected chi connectivity index (χ0v) is 20.0. The van der Waals surface area contributed by atoms with Gasteiger partial charge in [-0.3, -0.25) is 14.5 Å². The Morgan fingerprint density at radius 2 is 1.71 bits per heavy atom. The van der Waals surface area contributed by atoms with Gasteiger partial charge in [0.05, 0.1) is 24.1 Å². The van der Waals surface area contributed by atoms with Gasteiger partial charge in [0, 0.05) is 0 Å². The summed E-state index contributed by atoms with van der Waals surface area (Å²) in [5.41, 5.74) is 2.14. The summed E-state index contributed by atoms with van der Waals surface area (Å²) in [5.74, 6) is 0.682. The zero-order valence-electron chi connectivity index (χ0n) is 19.2. The lowest BCUT2D eigenvalue weighted by atomic mass is 10.1. The van der Waals surface area contributed by atoms with Gasteiger partial charge in [-0.2, -0.15) is 0 Å². The van der Waals surface area contributed by atoms with Crippen LogP contribution in [0, 0.1) is 6.92 Å². The van der Waals surface area contributed by atoms with E-state index in [0.717, 1.165) is 22.2 Å². The van der Waals surface area contributed by atoms with Crippen LogP contribution in [0.1, 0.15) is 21.5 Å². The average Bonchev–Trinajstić information content (AvgIpc) is 3.12. The van der Waals surface area contributed by atoms with Gasteiger partial charge >= 0.3 is 5.97 Å². The highest BCUT2D eigenvalue weighted by atomic mass is 32.2. The van der Waals surface area contributed by atoms with E-state index in [-0.39, 0.29) is 24.3 Å². The van der Waals surface area contributed by atoms with Crippen molar-refractivity contribution in [3.8, 4) is 17.2 Å². The normalized spacial score (nSPS) is 14.3. The smallest absolute Gasteiger partial charge is 0.343 e. The van der Waals surface area contributed by atoms with E-state index in [1.165, 1.54) is 0 Å². The average molecular weight is 490 g/mol. The van der Waals surface area contributed by atoms with Gasteiger partial charge in [-0.1, -0.05) is 42.0 Å². The predicted molar refractivity (Wildman–Crippen MR) is 134 cm³/mol. The number of hydrogen-bond donors (Lipinski definition) is 0. The molecule has 3 aromatic rings. The number of ether oxygens (including phenoxy) is 3. The van der Waals surface area contributed by atoms with Gasteiger partial charge in [0.15, 0.2) is 11.5 Å². The van der Waals surface area contributed by atoms with E-state index in [9.17, 15) is 14.4 Å². The highest BCUT2D eigenvalue weighted by Crippen LogP contribution is 2.32. The standard InChI is InChI=1S/C27H23NO6S/c1-18-6-5-7-20(16-18)26(30)34-21-12-10-19(11-13-21)17-24-25(29)28(27(31)35-24)14-15-33-23-9-4-3-8-22(23)32-2/h3-13,16-17H,14-15H2,1-2H3/b24-17-. The lowest BCUT2D eigenvalue weighted by Crippen LogP contribution is -2.32. The fourth-order valence-electron chi connectivity index (χ4n) is 3.40. The third-order valence-corrected chi connectivity index (χ3v) is 6.06. The van der Waals surface area contributed by atoms with Gasteiger partial charge in [-0.15, -0.1) is 0 Å². The molecule has 3 aromatic carbocycles. The van der Waals surface area contributed by atoms with Gasteiger partial charge < -0.3 is 14.2 Å². The number of carbonyl (C=O) groups is 3. The minimum Gasteiger partial charge on any atom is -0.493 e. The summed E-state index contributed by atoms with van der Waals surface area (Å²) in [5, 5.41) is -0.353. The SMILES string of the molecule is COc1ccccc1OCCN1C(=O)S/C(=C\c2ccc(OC(=O)c3cccc(C)c3)cc2)C1=O. The van der Waals surface area contributed by atoms with Crippen LogP contribution in [-0.2, 0) is 4.79 Å². The third-order valence-electron chi connectivity index (χ3n) is 5.16. The van der Waals surface area contributed by atoms with Gasteiger partial charge in [0.1, 0.15) is 12.4 Å². The molecule has 7 nitrogen and oxygen atoms in total. The first-order valence-electron chi connectivity index (χ1n) is 10.8. The molecule has 8 heteroatoms. The minimum atomic E-state index is -0.446. The van der Waals surface area contributed by atoms with Crippen molar-refractivity contribution in [2.75, 3.05) is 20.3 Å². The molecular formula is C27H23NO6S. The number of imide groups is 1. The van der Waals surface area contributed by atoms with Crippen LogP contribution in [-0.4, -0.2) is 42.3 Å². The second kappa shape index (κ2) is 10.9. The Balaban J connectivity index is 1.35. The molecule has 0 radical (unpaired) electrons. The van der Waals surface area contributed by atoms with Crippen LogP contribution in [0.25, 0.3) is 6.08 Å². The zero-order chi connectivity index (χ0) is 24.8. The predicted octanol–water partition coefficient (Wildman–Crippen LogP) is 5.34. The number of aryl methyl sites for hydroxylation is 1. The van der Waals surface area contributed by atoms with E-state index < -0.39 is 5.97 Å². The molecule has 178 valence electrons. The Morgan fingerprint density at radius 3 is 2.43 bits per heavy atom. The van der Waals surface area contributed by atoms with Crippen molar-refractivity contribution in [3.05, 3.63) is 94.4 Å². The maximum atomic E-state index is 12.7. The molecule has 1 aliphatic heterocycles. The molecule has 0 N–H and O–H groups in total. The monoisotopic (exact) mass is 489 g/mol. The van der Waals surface area contributed by atoms with Gasteiger partial charge in [-0.05, 0) is 66.7 Å². The lowest BCUT2D eigenvalue weighted by molar-refractivity contribution is -0.123. The molecule has 0 spiro atoms. The van der Waals surface area contributed by atoms with Crippen molar-refractivity contribution in [2.24, 2.45) is 0 Å². The van der Waals surface area contributed by atoms with Crippen molar-refractivity contribution in [1.82, 2.24) is 4.90 Å². The molecule has 1 fully saturated rings. The van der Waals surface area contributed by atoms with E-state index in [0.29, 0.717) is 33.3 Å². The van der Waals surface area contributed by atoms with Crippen LogP contribution < -0.4 is 14.2 Å². The Bertz CT molecular complexity index is 1280. The van der Waals surface area contributed by atoms with Gasteiger partial charge in [0.2, 0.25) is 0 Å². The van der Waals surface area contributed by atoms with Crippen molar-refractivity contribution >= 4 is 35.0 Å². The van der Waals surface area contributed by atoms with Crippen molar-refractivity contribution in [2.45, 2.75) is 6.92 Å². The summed E-state index contributed by atoms with van der Waals surface area (Å²) in [6.07, 6.45) is 1.64. The molecular weight excluding hydrogens is 466 g/mol. The summed E-state index contributed by atoms with van der Waals surface area (Å²) in [6, 6.07) is 21.1. The molecule has 0 bridgehead atoms. The van der Waals surface area contributed by atoms with Crippen LogP contribution in [0.4, 0.5) is 4.79 Å². The molecule has 2 amide bonds. The van der Waals surface area contributed by atoms with E-state index in [1.54, 1.807) is 67.8 Å². The fourth-order valence-corrected chi connectivity index (χ4v) is 4.26. The van der Waals surface area contributed by atoms with E-state index >= 15 is 0 Å². The van der Waals surface area contributed by atoms with Gasteiger partial charge in [0.25, 0.3) is 11.1 Å². The van der Waals surface area contributed by atoms with Crippen LogP contribution in [0.3, 0.4) is 0 Å². The molecule has 0 unspecified atom stereocenters. The van der Waals surface area contributed by atoms with E-state index in [2.05, 4.69) is 0 Å². The quantitative estimate of drug-likeness (QED) is 0.240. The van der Waals surface area contributed by atoms with Crippen molar-refractivity contribution in [3.63, 3.8) is 0 Å². The van der Waals surface area contributed by atoms with Crippen molar-refractivity contribution in [1.29, 1.82) is 0 Å². The number of nitrogens with zero attached hydrogens (tertiary/aromatic N) is 1. The first kappa shape index (κ1) is 24.1. The molecule has 4 rings (SSSR count). The lowest BCUT2D eigenvalue weighted by Gasteiger charge is -2.14. The van der Waals surface area contributed by atoms with E-state index in [1.807, 2.05) is 25.1 Å². The largest absolute Gasteiger partial charge is 0.493 e. The summed E-state index contributed by atoms with van der Waals surface area (Å²) in [7, 11) is 1.55. The number of carbonyl (C=O) groups excluding carboxylic acids is 3. The number of amides is 2. The third kappa shape index (κ3) is 5.91. The molecule has 35 heavy (non-hydrogen) atoms. The van der Waals surface area contributed by atoms with Crippen LogP contribution in [0.15, 0.2) is 77.7 Å². The number of methoxy groups -OCH3 is 1. The molecule has 1 aliphatic rings. The van der Waals surface area contributed by atoms with Crippen molar-refractivity contribution < 1.29 is 28.6 Å².